The van der Waals surface area contributed by atoms with Crippen molar-refractivity contribution in [3.63, 3.8) is 0 Å². The molecule has 0 saturated carbocycles. The molecule has 7 heteroatoms. The summed E-state index contributed by atoms with van der Waals surface area (Å²) in [5.74, 6) is -1.98. The van der Waals surface area contributed by atoms with Crippen LogP contribution in [0.2, 0.25) is 0 Å². The van der Waals surface area contributed by atoms with Gasteiger partial charge in [-0.3, -0.25) is 9.59 Å². The van der Waals surface area contributed by atoms with E-state index in [2.05, 4.69) is 10.1 Å². The molecule has 1 fully saturated rings. The second-order valence-corrected chi connectivity index (χ2v) is 5.10. The highest BCUT2D eigenvalue weighted by atomic mass is 16.5. The summed E-state index contributed by atoms with van der Waals surface area (Å²) in [4.78, 5) is 33.8. The zero-order valence-electron chi connectivity index (χ0n) is 12.3. The van der Waals surface area contributed by atoms with Gasteiger partial charge in [-0.05, 0) is 32.1 Å². The first-order valence-corrected chi connectivity index (χ1v) is 7.23. The van der Waals surface area contributed by atoms with Gasteiger partial charge in [-0.25, -0.2) is 4.79 Å². The molecule has 1 heterocycles. The summed E-state index contributed by atoms with van der Waals surface area (Å²) >= 11 is 0. The molecule has 1 saturated heterocycles. The van der Waals surface area contributed by atoms with Crippen molar-refractivity contribution in [1.82, 2.24) is 5.32 Å². The minimum atomic E-state index is -1.15. The molecule has 1 rings (SSSR count). The minimum Gasteiger partial charge on any atom is -0.480 e. The zero-order chi connectivity index (χ0) is 15.7. The molecule has 0 bridgehead atoms. The molecule has 0 aromatic rings. The van der Waals surface area contributed by atoms with Gasteiger partial charge in [0.2, 0.25) is 5.91 Å². The first-order chi connectivity index (χ1) is 10.0. The Labute approximate surface area is 124 Å². The molecule has 2 N–H and O–H groups in total. The normalized spacial score (nSPS) is 19.6. The van der Waals surface area contributed by atoms with Crippen molar-refractivity contribution in [2.75, 3.05) is 13.7 Å². The molecule has 1 amide bonds. The third kappa shape index (κ3) is 7.08. The third-order valence-corrected chi connectivity index (χ3v) is 3.47. The third-order valence-electron chi connectivity index (χ3n) is 3.47. The van der Waals surface area contributed by atoms with Gasteiger partial charge < -0.3 is 19.9 Å². The maximum atomic E-state index is 11.8. The molecule has 1 aliphatic heterocycles. The lowest BCUT2D eigenvalue weighted by Crippen LogP contribution is -2.41. The van der Waals surface area contributed by atoms with E-state index in [1.165, 1.54) is 7.11 Å². The van der Waals surface area contributed by atoms with Gasteiger partial charge in [-0.1, -0.05) is 0 Å². The fraction of sp³-hybridized carbons (Fsp3) is 0.786. The van der Waals surface area contributed by atoms with Crippen molar-refractivity contribution in [3.8, 4) is 0 Å². The van der Waals surface area contributed by atoms with E-state index >= 15 is 0 Å². The van der Waals surface area contributed by atoms with E-state index in [1.807, 2.05) is 0 Å². The molecule has 7 nitrogen and oxygen atoms in total. The molecule has 0 aromatic carbocycles. The van der Waals surface area contributed by atoms with Crippen LogP contribution >= 0.6 is 0 Å². The standard InChI is InChI=1S/C14H23NO6/c1-20-13(17)8-6-11(14(18)19)15-12(16)7-5-10-4-2-3-9-21-10/h10-11H,2-9H2,1H3,(H,15,16)(H,18,19). The maximum Gasteiger partial charge on any atom is 0.326 e. The molecule has 21 heavy (non-hydrogen) atoms. The number of carbonyl (C=O) groups is 3. The lowest BCUT2D eigenvalue weighted by molar-refractivity contribution is -0.144. The quantitative estimate of drug-likeness (QED) is 0.645. The van der Waals surface area contributed by atoms with Crippen LogP contribution in [0, 0.1) is 0 Å². The Hall–Kier alpha value is -1.63. The SMILES string of the molecule is COC(=O)CCC(NC(=O)CCC1CCCCO1)C(=O)O. The van der Waals surface area contributed by atoms with Crippen molar-refractivity contribution in [2.45, 2.75) is 57.1 Å². The number of hydrogen-bond acceptors (Lipinski definition) is 5. The Balaban J connectivity index is 2.30. The van der Waals surface area contributed by atoms with Crippen LogP contribution in [-0.2, 0) is 23.9 Å². The van der Waals surface area contributed by atoms with Gasteiger partial charge in [0.15, 0.2) is 0 Å². The highest BCUT2D eigenvalue weighted by Crippen LogP contribution is 2.16. The number of carbonyl (C=O) groups excluding carboxylic acids is 2. The summed E-state index contributed by atoms with van der Waals surface area (Å²) in [6, 6.07) is -1.07. The highest BCUT2D eigenvalue weighted by molar-refractivity contribution is 5.84. The minimum absolute atomic E-state index is 0.0215. The van der Waals surface area contributed by atoms with Gasteiger partial charge >= 0.3 is 11.9 Å². The number of nitrogens with one attached hydrogen (secondary N) is 1. The largest absolute Gasteiger partial charge is 0.480 e. The second-order valence-electron chi connectivity index (χ2n) is 5.10. The summed E-state index contributed by atoms with van der Waals surface area (Å²) in [6.07, 6.45) is 3.98. The van der Waals surface area contributed by atoms with Gasteiger partial charge in [0.1, 0.15) is 6.04 Å². The molecule has 0 radical (unpaired) electrons. The van der Waals surface area contributed by atoms with E-state index in [0.717, 1.165) is 25.9 Å². The van der Waals surface area contributed by atoms with Crippen molar-refractivity contribution in [3.05, 3.63) is 0 Å². The summed E-state index contributed by atoms with van der Waals surface area (Å²) in [6.45, 7) is 0.725. The average Bonchev–Trinajstić information content (AvgIpc) is 2.49. The lowest BCUT2D eigenvalue weighted by atomic mass is 10.0. The number of methoxy groups -OCH3 is 1. The molecule has 0 aromatic heterocycles. The van der Waals surface area contributed by atoms with Gasteiger partial charge in [-0.15, -0.1) is 0 Å². The Morgan fingerprint density at radius 3 is 2.67 bits per heavy atom. The Morgan fingerprint density at radius 1 is 1.33 bits per heavy atom. The fourth-order valence-corrected chi connectivity index (χ4v) is 2.22. The van der Waals surface area contributed by atoms with Crippen LogP contribution in [0.25, 0.3) is 0 Å². The highest BCUT2D eigenvalue weighted by Gasteiger charge is 2.22. The molecule has 120 valence electrons. The molecule has 1 aliphatic rings. The van der Waals surface area contributed by atoms with E-state index in [4.69, 9.17) is 9.84 Å². The van der Waals surface area contributed by atoms with E-state index in [9.17, 15) is 14.4 Å². The molecular weight excluding hydrogens is 278 g/mol. The number of amides is 1. The average molecular weight is 301 g/mol. The van der Waals surface area contributed by atoms with Crippen LogP contribution in [0.1, 0.15) is 44.9 Å². The molecule has 0 aliphatic carbocycles. The Kier molecular flexibility index (Phi) is 7.74. The van der Waals surface area contributed by atoms with Crippen LogP contribution in [0.5, 0.6) is 0 Å². The number of rotatable bonds is 8. The summed E-state index contributed by atoms with van der Waals surface area (Å²) < 4.78 is 9.97. The summed E-state index contributed by atoms with van der Waals surface area (Å²) in [7, 11) is 1.24. The van der Waals surface area contributed by atoms with Gasteiger partial charge in [-0.2, -0.15) is 0 Å². The van der Waals surface area contributed by atoms with Crippen LogP contribution in [0.3, 0.4) is 0 Å². The molecule has 2 atom stereocenters. The fourth-order valence-electron chi connectivity index (χ4n) is 2.22. The maximum absolute atomic E-state index is 11.8. The monoisotopic (exact) mass is 301 g/mol. The summed E-state index contributed by atoms with van der Waals surface area (Å²) in [5.41, 5.74) is 0. The van der Waals surface area contributed by atoms with Gasteiger partial charge in [0.05, 0.1) is 13.2 Å². The molecule has 0 spiro atoms. The zero-order valence-corrected chi connectivity index (χ0v) is 12.3. The van der Waals surface area contributed by atoms with E-state index in [1.54, 1.807) is 0 Å². The van der Waals surface area contributed by atoms with Crippen molar-refractivity contribution >= 4 is 17.8 Å². The predicted octanol–water partition coefficient (Wildman–Crippen LogP) is 0.858. The predicted molar refractivity (Wildman–Crippen MR) is 73.6 cm³/mol. The van der Waals surface area contributed by atoms with E-state index in [-0.39, 0.29) is 31.3 Å². The van der Waals surface area contributed by atoms with Gasteiger partial charge in [0.25, 0.3) is 0 Å². The van der Waals surface area contributed by atoms with Crippen molar-refractivity contribution in [1.29, 1.82) is 0 Å². The van der Waals surface area contributed by atoms with E-state index < -0.39 is 18.0 Å². The number of hydrogen-bond donors (Lipinski definition) is 2. The number of aliphatic carboxylic acids is 1. The molecule has 2 unspecified atom stereocenters. The van der Waals surface area contributed by atoms with Crippen LogP contribution in [0.4, 0.5) is 0 Å². The Morgan fingerprint density at radius 2 is 2.10 bits per heavy atom. The molecular formula is C14H23NO6. The topological polar surface area (TPSA) is 102 Å². The van der Waals surface area contributed by atoms with E-state index in [0.29, 0.717) is 6.42 Å². The van der Waals surface area contributed by atoms with Crippen LogP contribution in [-0.4, -0.2) is 48.8 Å². The smallest absolute Gasteiger partial charge is 0.326 e. The van der Waals surface area contributed by atoms with Crippen molar-refractivity contribution in [2.24, 2.45) is 0 Å². The van der Waals surface area contributed by atoms with Crippen LogP contribution in [0.15, 0.2) is 0 Å². The second kappa shape index (κ2) is 9.33. The number of ether oxygens (including phenoxy) is 2. The van der Waals surface area contributed by atoms with Gasteiger partial charge in [0, 0.05) is 19.4 Å². The van der Waals surface area contributed by atoms with Crippen LogP contribution < -0.4 is 5.32 Å². The first kappa shape index (κ1) is 17.4. The van der Waals surface area contributed by atoms with Crippen molar-refractivity contribution < 1.29 is 29.0 Å². The Bertz CT molecular complexity index is 364. The first-order valence-electron chi connectivity index (χ1n) is 7.23. The number of esters is 1. The lowest BCUT2D eigenvalue weighted by Gasteiger charge is -2.22. The number of carboxylic acids is 1. The summed E-state index contributed by atoms with van der Waals surface area (Å²) in [5, 5.41) is 11.5. The number of carboxylic acid groups (broad SMARTS) is 1.